The Morgan fingerprint density at radius 2 is 1.57 bits per heavy atom. The van der Waals surface area contributed by atoms with Crippen LogP contribution in [-0.2, 0) is 5.41 Å². The zero-order valence-electron chi connectivity index (χ0n) is 25.1. The van der Waals surface area contributed by atoms with Gasteiger partial charge in [0.2, 0.25) is 0 Å². The molecular weight excluding hydrogens is 533 g/mol. The lowest BCUT2D eigenvalue weighted by atomic mass is 9.87. The first-order valence-corrected chi connectivity index (χ1v) is 17.5. The van der Waals surface area contributed by atoms with Crippen LogP contribution in [-0.4, -0.2) is 41.3 Å². The molecule has 0 saturated carbocycles. The summed E-state index contributed by atoms with van der Waals surface area (Å²) >= 11 is 0. The van der Waals surface area contributed by atoms with Gasteiger partial charge in [-0.15, -0.1) is 0 Å². The predicted octanol–water partition coefficient (Wildman–Crippen LogP) is 6.63. The first-order valence-electron chi connectivity index (χ1n) is 14.5. The second-order valence-corrected chi connectivity index (χ2v) is 17.3. The molecule has 0 atom stereocenters. The summed E-state index contributed by atoms with van der Waals surface area (Å²) in [4.78, 5) is 18.2. The zero-order chi connectivity index (χ0) is 29.2. The van der Waals surface area contributed by atoms with E-state index in [-0.39, 0.29) is 5.41 Å². The number of fused-ring (bicyclic) bond motifs is 4. The molecule has 0 radical (unpaired) electrons. The molecule has 3 aromatic heterocycles. The largest absolute Gasteiger partial charge is 0.340 e. The fraction of sp³-hybridized carbons (Fsp3) is 0.229. The highest BCUT2D eigenvalue weighted by Gasteiger charge is 2.32. The third-order valence-corrected chi connectivity index (χ3v) is 12.3. The van der Waals surface area contributed by atoms with Gasteiger partial charge in [0.25, 0.3) is 0 Å². The van der Waals surface area contributed by atoms with E-state index in [1.807, 2.05) is 18.5 Å². The quantitative estimate of drug-likeness (QED) is 0.223. The summed E-state index contributed by atoms with van der Waals surface area (Å²) in [6.45, 7) is 12.6. The molecule has 3 aromatic carbocycles. The van der Waals surface area contributed by atoms with Gasteiger partial charge in [-0.1, -0.05) is 86.7 Å². The molecule has 0 unspecified atom stereocenters. The van der Waals surface area contributed by atoms with Crippen molar-refractivity contribution in [2.75, 3.05) is 23.5 Å². The van der Waals surface area contributed by atoms with Crippen molar-refractivity contribution in [1.82, 2.24) is 19.5 Å². The number of hydrogen-bond acceptors (Lipinski definition) is 5. The maximum Gasteiger partial charge on any atom is 0.157 e. The van der Waals surface area contributed by atoms with Crippen LogP contribution in [0.1, 0.15) is 26.3 Å². The lowest BCUT2D eigenvalue weighted by Crippen LogP contribution is -2.53. The van der Waals surface area contributed by atoms with E-state index >= 15 is 0 Å². The summed E-state index contributed by atoms with van der Waals surface area (Å²) in [5.74, 6) is 1.91. The summed E-state index contributed by atoms with van der Waals surface area (Å²) in [5, 5.41) is 5.32. The van der Waals surface area contributed by atoms with Gasteiger partial charge in [0, 0.05) is 29.7 Å². The topological polar surface area (TPSA) is 50.1 Å². The minimum atomic E-state index is -2.15. The molecule has 0 N–H and O–H groups in total. The minimum Gasteiger partial charge on any atom is -0.340 e. The van der Waals surface area contributed by atoms with Crippen molar-refractivity contribution in [1.29, 1.82) is 0 Å². The van der Waals surface area contributed by atoms with Crippen LogP contribution in [0.3, 0.4) is 0 Å². The predicted molar refractivity (Wildman–Crippen MR) is 178 cm³/mol. The van der Waals surface area contributed by atoms with Crippen LogP contribution < -0.4 is 20.2 Å². The highest BCUT2D eigenvalue weighted by atomic mass is 28.3. The Morgan fingerprint density at radius 3 is 2.36 bits per heavy atom. The number of aromatic nitrogens is 4. The van der Waals surface area contributed by atoms with E-state index < -0.39 is 8.07 Å². The van der Waals surface area contributed by atoms with E-state index in [9.17, 15) is 0 Å². The van der Waals surface area contributed by atoms with Crippen LogP contribution in [0.25, 0.3) is 27.6 Å². The van der Waals surface area contributed by atoms with Gasteiger partial charge in [-0.05, 0) is 47.4 Å². The molecule has 210 valence electrons. The molecule has 0 spiro atoms. The van der Waals surface area contributed by atoms with E-state index in [2.05, 4.69) is 138 Å². The second-order valence-electron chi connectivity index (χ2n) is 12.9. The second kappa shape index (κ2) is 9.53. The molecule has 0 saturated heterocycles. The molecule has 6 aromatic rings. The zero-order valence-corrected chi connectivity index (χ0v) is 26.1. The van der Waals surface area contributed by atoms with E-state index in [0.29, 0.717) is 0 Å². The van der Waals surface area contributed by atoms with Crippen molar-refractivity contribution in [3.05, 3.63) is 103 Å². The lowest BCUT2D eigenvalue weighted by molar-refractivity contribution is 0.590. The van der Waals surface area contributed by atoms with E-state index in [1.165, 1.54) is 43.4 Å². The smallest absolute Gasteiger partial charge is 0.157 e. The number of nitrogens with zero attached hydrogens (tertiary/aromatic N) is 6. The van der Waals surface area contributed by atoms with E-state index in [0.717, 1.165) is 24.0 Å². The molecule has 0 amide bonds. The fourth-order valence-electron chi connectivity index (χ4n) is 6.20. The highest BCUT2D eigenvalue weighted by Crippen LogP contribution is 2.39. The first-order chi connectivity index (χ1) is 20.1. The maximum atomic E-state index is 4.74. The summed E-state index contributed by atoms with van der Waals surface area (Å²) in [6.07, 6.45) is 5.44. The summed E-state index contributed by atoms with van der Waals surface area (Å²) in [5.41, 5.74) is 5.98. The van der Waals surface area contributed by atoms with Gasteiger partial charge in [0.15, 0.2) is 5.82 Å². The first kappa shape index (κ1) is 26.4. The van der Waals surface area contributed by atoms with Crippen molar-refractivity contribution in [2.24, 2.45) is 0 Å². The Morgan fingerprint density at radius 1 is 0.786 bits per heavy atom. The van der Waals surface area contributed by atoms with Crippen molar-refractivity contribution < 1.29 is 0 Å². The van der Waals surface area contributed by atoms with Crippen LogP contribution in [0.4, 0.5) is 17.2 Å². The summed E-state index contributed by atoms with van der Waals surface area (Å²) in [7, 11) is -0.0597. The molecule has 0 aliphatic carbocycles. The average molecular weight is 569 g/mol. The molecule has 42 heavy (non-hydrogen) atoms. The van der Waals surface area contributed by atoms with Crippen molar-refractivity contribution in [2.45, 2.75) is 39.3 Å². The lowest BCUT2D eigenvalue weighted by Gasteiger charge is -2.30. The van der Waals surface area contributed by atoms with Crippen molar-refractivity contribution >= 4 is 57.4 Å². The number of para-hydroxylation sites is 1. The van der Waals surface area contributed by atoms with Crippen LogP contribution in [0.2, 0.25) is 13.1 Å². The van der Waals surface area contributed by atoms with Crippen molar-refractivity contribution in [3.63, 3.8) is 0 Å². The van der Waals surface area contributed by atoms with E-state index in [4.69, 9.17) is 4.98 Å². The van der Waals surface area contributed by atoms with E-state index in [1.54, 1.807) is 6.33 Å². The molecule has 4 heterocycles. The minimum absolute atomic E-state index is 0.00619. The molecule has 7 heteroatoms. The maximum absolute atomic E-state index is 4.74. The third kappa shape index (κ3) is 4.19. The Balaban J connectivity index is 1.41. The van der Waals surface area contributed by atoms with Gasteiger partial charge in [0.1, 0.15) is 25.9 Å². The monoisotopic (exact) mass is 568 g/mol. The summed E-state index contributed by atoms with van der Waals surface area (Å²) < 4.78 is 2.31. The Labute approximate surface area is 248 Å². The van der Waals surface area contributed by atoms with Gasteiger partial charge < -0.3 is 9.80 Å². The standard InChI is InChI=1S/C35H36N6Si/c1-35(2,3)24-17-25(40-23-39(4)34-32(40)21-36-22-38-34)19-27(18-24)42(5,6)26-14-15-29-28-11-7-8-12-30(28)41(31(29)20-26)33-13-9-10-16-37-33/h7-22H,23H2,1-6H3. The molecule has 6 nitrogen and oxygen atoms in total. The number of rotatable bonds is 4. The Kier molecular flexibility index (Phi) is 5.99. The van der Waals surface area contributed by atoms with Crippen LogP contribution >= 0.6 is 0 Å². The Hall–Kier alpha value is -4.49. The third-order valence-electron chi connectivity index (χ3n) is 8.77. The van der Waals surface area contributed by atoms with Crippen molar-refractivity contribution in [3.8, 4) is 5.82 Å². The Bertz CT molecular complexity index is 1950. The van der Waals surface area contributed by atoms with Gasteiger partial charge in [-0.25, -0.2) is 15.0 Å². The van der Waals surface area contributed by atoms with Crippen LogP contribution in [0, 0.1) is 0 Å². The molecule has 1 aliphatic rings. The van der Waals surface area contributed by atoms with Gasteiger partial charge in [-0.2, -0.15) is 0 Å². The average Bonchev–Trinajstić information content (AvgIpc) is 3.51. The fourth-order valence-corrected chi connectivity index (χ4v) is 8.55. The molecule has 0 fully saturated rings. The normalized spacial score (nSPS) is 13.8. The van der Waals surface area contributed by atoms with Crippen LogP contribution in [0.5, 0.6) is 0 Å². The number of benzene rings is 3. The van der Waals surface area contributed by atoms with Gasteiger partial charge in [-0.3, -0.25) is 4.57 Å². The SMILES string of the molecule is CN1CN(c2cc(C(C)(C)C)cc([Si](C)(C)c3ccc4c5ccccc5n(-c5ccccn5)c4c3)c2)c2cncnc21. The number of pyridine rings is 1. The number of anilines is 3. The number of hydrogen-bond donors (Lipinski definition) is 0. The van der Waals surface area contributed by atoms with Gasteiger partial charge in [0.05, 0.1) is 23.9 Å². The molecular formula is C35H36N6Si. The summed E-state index contributed by atoms with van der Waals surface area (Å²) in [6, 6.07) is 29.1. The molecule has 7 rings (SSSR count). The van der Waals surface area contributed by atoms with Gasteiger partial charge >= 0.3 is 0 Å². The molecule has 0 bridgehead atoms. The molecule has 1 aliphatic heterocycles. The highest BCUT2D eigenvalue weighted by molar-refractivity contribution is 7.00. The van der Waals surface area contributed by atoms with Crippen LogP contribution in [0.15, 0.2) is 97.6 Å².